The molecule has 1 aromatic heterocycles. The van der Waals surface area contributed by atoms with Gasteiger partial charge in [-0.3, -0.25) is 8.87 Å². The Morgan fingerprint density at radius 2 is 1.62 bits per heavy atom. The van der Waals surface area contributed by atoms with Gasteiger partial charge in [-0.1, -0.05) is 61.9 Å². The summed E-state index contributed by atoms with van der Waals surface area (Å²) in [5.74, 6) is -0.112. The number of carbonyl (C=O) groups is 1. The second-order valence-corrected chi connectivity index (χ2v) is 11.7. The van der Waals surface area contributed by atoms with Crippen LogP contribution in [-0.2, 0) is 16.4 Å². The molecule has 0 spiro atoms. The maximum Gasteiger partial charge on any atom is 0.336 e. The zero-order valence-electron chi connectivity index (χ0n) is 22.7. The van der Waals surface area contributed by atoms with Gasteiger partial charge in [-0.2, -0.15) is 0 Å². The van der Waals surface area contributed by atoms with E-state index in [1.165, 1.54) is 4.31 Å². The number of aromatic carboxylic acids is 1. The molecule has 0 unspecified atom stereocenters. The molecule has 8 heteroatoms. The molecule has 0 saturated carbocycles. The molecule has 0 aliphatic rings. The van der Waals surface area contributed by atoms with Gasteiger partial charge in [0.15, 0.2) is 0 Å². The number of aryl methyl sites for hydroxylation is 1. The number of aromatic nitrogens is 2. The lowest BCUT2D eigenvalue weighted by molar-refractivity contribution is 0.0697. The number of benzene rings is 4. The van der Waals surface area contributed by atoms with Gasteiger partial charge in [0.2, 0.25) is 0 Å². The lowest BCUT2D eigenvalue weighted by Crippen LogP contribution is -2.26. The first-order valence-corrected chi connectivity index (χ1v) is 14.7. The number of fused-ring (bicyclic) bond motifs is 1. The number of anilines is 1. The van der Waals surface area contributed by atoms with E-state index < -0.39 is 16.0 Å². The van der Waals surface area contributed by atoms with E-state index in [1.54, 1.807) is 55.6 Å². The van der Waals surface area contributed by atoms with Crippen LogP contribution in [0.1, 0.15) is 41.5 Å². The average molecular weight is 554 g/mol. The minimum absolute atomic E-state index is 0.218. The molecular weight excluding hydrogens is 522 g/mol. The molecule has 5 rings (SSSR count). The van der Waals surface area contributed by atoms with Gasteiger partial charge in [0, 0.05) is 13.5 Å². The lowest BCUT2D eigenvalue weighted by atomic mass is 9.95. The molecule has 0 aliphatic carbocycles. The highest BCUT2D eigenvalue weighted by Gasteiger charge is 2.23. The van der Waals surface area contributed by atoms with Gasteiger partial charge >= 0.3 is 5.97 Å². The Labute approximate surface area is 234 Å². The van der Waals surface area contributed by atoms with Gasteiger partial charge in [-0.05, 0) is 72.5 Å². The predicted molar refractivity (Wildman–Crippen MR) is 159 cm³/mol. The van der Waals surface area contributed by atoms with Crippen molar-refractivity contribution in [2.24, 2.45) is 0 Å². The molecule has 0 amide bonds. The van der Waals surface area contributed by atoms with Gasteiger partial charge < -0.3 is 5.11 Å². The number of carboxylic acids is 1. The molecule has 0 radical (unpaired) electrons. The Bertz CT molecular complexity index is 1810. The van der Waals surface area contributed by atoms with Crippen molar-refractivity contribution < 1.29 is 18.3 Å². The molecule has 0 aliphatic heterocycles. The molecule has 0 fully saturated rings. The normalized spacial score (nSPS) is 11.6. The third-order valence-corrected chi connectivity index (χ3v) is 9.02. The van der Waals surface area contributed by atoms with Crippen molar-refractivity contribution in [2.75, 3.05) is 11.4 Å². The highest BCUT2D eigenvalue weighted by atomic mass is 32.2. The molecule has 7 nitrogen and oxygen atoms in total. The maximum atomic E-state index is 13.4. The van der Waals surface area contributed by atoms with Crippen LogP contribution in [0.4, 0.5) is 5.69 Å². The molecule has 0 atom stereocenters. The zero-order valence-corrected chi connectivity index (χ0v) is 23.5. The molecule has 1 N–H and O–H groups in total. The summed E-state index contributed by atoms with van der Waals surface area (Å²) in [4.78, 5) is 17.1. The fourth-order valence-corrected chi connectivity index (χ4v) is 6.24. The SMILES string of the molecule is CCCCc1nc2ccc(N(C)S(=O)(=O)c3ccccc3)cc2n1-c1cccc(-c2ccccc2C(=O)O)c1C. The first-order valence-electron chi connectivity index (χ1n) is 13.2. The number of hydrogen-bond donors (Lipinski definition) is 1. The molecule has 40 heavy (non-hydrogen) atoms. The Hall–Kier alpha value is -4.43. The first kappa shape index (κ1) is 27.1. The van der Waals surface area contributed by atoms with Crippen molar-refractivity contribution in [1.82, 2.24) is 9.55 Å². The molecular formula is C32H31N3O4S. The summed E-state index contributed by atoms with van der Waals surface area (Å²) < 4.78 is 30.1. The summed E-state index contributed by atoms with van der Waals surface area (Å²) in [6, 6.07) is 26.7. The molecule has 4 aromatic carbocycles. The fourth-order valence-electron chi connectivity index (χ4n) is 5.03. The summed E-state index contributed by atoms with van der Waals surface area (Å²) in [6.45, 7) is 4.11. The van der Waals surface area contributed by atoms with Gasteiger partial charge in [0.05, 0.1) is 32.9 Å². The van der Waals surface area contributed by atoms with E-state index in [2.05, 4.69) is 11.5 Å². The van der Waals surface area contributed by atoms with Crippen LogP contribution in [0.3, 0.4) is 0 Å². The van der Waals surface area contributed by atoms with E-state index in [4.69, 9.17) is 4.98 Å². The number of nitrogens with zero attached hydrogens (tertiary/aromatic N) is 3. The van der Waals surface area contributed by atoms with E-state index in [9.17, 15) is 18.3 Å². The number of carboxylic acid groups (broad SMARTS) is 1. The van der Waals surface area contributed by atoms with E-state index in [-0.39, 0.29) is 10.5 Å². The van der Waals surface area contributed by atoms with Crippen molar-refractivity contribution in [1.29, 1.82) is 0 Å². The van der Waals surface area contributed by atoms with Crippen LogP contribution in [0.25, 0.3) is 27.8 Å². The van der Waals surface area contributed by atoms with E-state index in [1.807, 2.05) is 49.4 Å². The van der Waals surface area contributed by atoms with Crippen LogP contribution in [0.15, 0.2) is 95.9 Å². The van der Waals surface area contributed by atoms with E-state index >= 15 is 0 Å². The van der Waals surface area contributed by atoms with Crippen molar-refractivity contribution in [2.45, 2.75) is 38.0 Å². The molecule has 5 aromatic rings. The number of imidazole rings is 1. The number of hydrogen-bond acceptors (Lipinski definition) is 4. The van der Waals surface area contributed by atoms with Gasteiger partial charge in [0.1, 0.15) is 5.82 Å². The first-order chi connectivity index (χ1) is 19.2. The largest absolute Gasteiger partial charge is 0.478 e. The third-order valence-electron chi connectivity index (χ3n) is 7.22. The molecule has 0 saturated heterocycles. The minimum atomic E-state index is -3.76. The maximum absolute atomic E-state index is 13.4. The number of sulfonamides is 1. The van der Waals surface area contributed by atoms with Crippen LogP contribution in [0.5, 0.6) is 0 Å². The van der Waals surface area contributed by atoms with Crippen molar-refractivity contribution >= 4 is 32.7 Å². The minimum Gasteiger partial charge on any atom is -0.478 e. The topological polar surface area (TPSA) is 92.5 Å². The van der Waals surface area contributed by atoms with Crippen LogP contribution < -0.4 is 4.31 Å². The highest BCUT2D eigenvalue weighted by molar-refractivity contribution is 7.92. The fraction of sp³-hybridized carbons (Fsp3) is 0.188. The van der Waals surface area contributed by atoms with Gasteiger partial charge in [-0.15, -0.1) is 0 Å². The van der Waals surface area contributed by atoms with Crippen LogP contribution in [-0.4, -0.2) is 36.1 Å². The van der Waals surface area contributed by atoms with Gasteiger partial charge in [-0.25, -0.2) is 18.2 Å². The second kappa shape index (κ2) is 11.0. The number of unbranched alkanes of at least 4 members (excludes halogenated alkanes) is 1. The van der Waals surface area contributed by atoms with Crippen molar-refractivity contribution in [3.63, 3.8) is 0 Å². The standard InChI is InChI=1S/C32H31N3O4S/c1-4-5-18-31-33-28-20-19-23(34(3)40(38,39)24-12-7-6-8-13-24)21-30(28)35(31)29-17-11-16-25(22(29)2)26-14-9-10-15-27(26)32(36)37/h6-17,19-21H,4-5,18H2,1-3H3,(H,36,37). The second-order valence-electron chi connectivity index (χ2n) is 9.73. The van der Waals surface area contributed by atoms with Gasteiger partial charge in [0.25, 0.3) is 10.0 Å². The smallest absolute Gasteiger partial charge is 0.336 e. The van der Waals surface area contributed by atoms with Crippen LogP contribution in [0, 0.1) is 6.92 Å². The summed E-state index contributed by atoms with van der Waals surface area (Å²) >= 11 is 0. The summed E-state index contributed by atoms with van der Waals surface area (Å²) in [5, 5.41) is 9.82. The summed E-state index contributed by atoms with van der Waals surface area (Å²) in [6.07, 6.45) is 2.69. The van der Waals surface area contributed by atoms with Crippen molar-refractivity contribution in [3.05, 3.63) is 108 Å². The zero-order chi connectivity index (χ0) is 28.4. The number of rotatable bonds is 9. The lowest BCUT2D eigenvalue weighted by Gasteiger charge is -2.20. The molecule has 0 bridgehead atoms. The Balaban J connectivity index is 1.70. The van der Waals surface area contributed by atoms with Crippen LogP contribution in [0.2, 0.25) is 0 Å². The van der Waals surface area contributed by atoms with E-state index in [0.29, 0.717) is 11.3 Å². The Morgan fingerprint density at radius 1 is 0.925 bits per heavy atom. The molecule has 1 heterocycles. The summed E-state index contributed by atoms with van der Waals surface area (Å²) in [5.41, 5.74) is 5.54. The summed E-state index contributed by atoms with van der Waals surface area (Å²) in [7, 11) is -2.21. The Morgan fingerprint density at radius 3 is 2.35 bits per heavy atom. The average Bonchev–Trinajstić information content (AvgIpc) is 3.33. The third kappa shape index (κ3) is 4.86. The monoisotopic (exact) mass is 553 g/mol. The predicted octanol–water partition coefficient (Wildman–Crippen LogP) is 6.87. The Kier molecular flexibility index (Phi) is 7.45. The molecule has 204 valence electrons. The van der Waals surface area contributed by atoms with Crippen molar-refractivity contribution in [3.8, 4) is 16.8 Å². The van der Waals surface area contributed by atoms with Crippen LogP contribution >= 0.6 is 0 Å². The van der Waals surface area contributed by atoms with E-state index in [0.717, 1.165) is 52.9 Å². The quantitative estimate of drug-likeness (QED) is 0.215. The highest BCUT2D eigenvalue weighted by Crippen LogP contribution is 2.34.